The summed E-state index contributed by atoms with van der Waals surface area (Å²) in [6.45, 7) is 3.46. The molecule has 10 heteroatoms. The molecule has 2 aromatic carbocycles. The predicted octanol–water partition coefficient (Wildman–Crippen LogP) is 5.04. The van der Waals surface area contributed by atoms with Crippen LogP contribution < -0.4 is 20.7 Å². The maximum atomic E-state index is 11.5. The van der Waals surface area contributed by atoms with Crippen molar-refractivity contribution in [3.8, 4) is 17.7 Å². The quantitative estimate of drug-likeness (QED) is 0.449. The average Bonchev–Trinajstić information content (AvgIpc) is 2.83. The molecule has 1 aliphatic heterocycles. The van der Waals surface area contributed by atoms with Crippen molar-refractivity contribution in [2.45, 2.75) is 25.8 Å². The van der Waals surface area contributed by atoms with Gasteiger partial charge in [0.05, 0.1) is 27.3 Å². The highest BCUT2D eigenvalue weighted by molar-refractivity contribution is 9.10. The van der Waals surface area contributed by atoms with Crippen LogP contribution in [0.5, 0.6) is 11.6 Å². The number of halogens is 2. The summed E-state index contributed by atoms with van der Waals surface area (Å²) in [5.41, 5.74) is 8.10. The summed E-state index contributed by atoms with van der Waals surface area (Å²) in [5.74, 6) is 0.793. The molecule has 1 saturated heterocycles. The van der Waals surface area contributed by atoms with Crippen molar-refractivity contribution in [2.24, 2.45) is 5.73 Å². The minimum Gasteiger partial charge on any atom is -0.436 e. The van der Waals surface area contributed by atoms with E-state index in [1.165, 1.54) is 0 Å². The number of piperidine rings is 1. The van der Waals surface area contributed by atoms with Crippen molar-refractivity contribution in [1.29, 1.82) is 5.26 Å². The number of hydrogen-bond donors (Lipinski definition) is 2. The predicted molar refractivity (Wildman–Crippen MR) is 135 cm³/mol. The van der Waals surface area contributed by atoms with Crippen molar-refractivity contribution >= 4 is 45.1 Å². The molecule has 174 valence electrons. The van der Waals surface area contributed by atoms with Crippen LogP contribution in [0, 0.1) is 18.3 Å². The Balaban J connectivity index is 1.42. The average molecular weight is 542 g/mol. The van der Waals surface area contributed by atoms with Crippen LogP contribution in [0.15, 0.2) is 47.1 Å². The number of ether oxygens (including phenoxy) is 1. The number of anilines is 2. The maximum Gasteiger partial charge on any atom is 0.248 e. The number of amides is 1. The lowest BCUT2D eigenvalue weighted by Gasteiger charge is -2.34. The van der Waals surface area contributed by atoms with Gasteiger partial charge >= 0.3 is 0 Å². The van der Waals surface area contributed by atoms with E-state index >= 15 is 0 Å². The van der Waals surface area contributed by atoms with Gasteiger partial charge in [-0.1, -0.05) is 17.7 Å². The van der Waals surface area contributed by atoms with Crippen LogP contribution in [0.3, 0.4) is 0 Å². The lowest BCUT2D eigenvalue weighted by atomic mass is 10.0. The molecule has 34 heavy (non-hydrogen) atoms. The van der Waals surface area contributed by atoms with Crippen LogP contribution in [0.1, 0.15) is 34.3 Å². The van der Waals surface area contributed by atoms with Gasteiger partial charge in [0.15, 0.2) is 5.75 Å². The molecule has 0 unspecified atom stereocenters. The van der Waals surface area contributed by atoms with Crippen LogP contribution in [-0.2, 0) is 0 Å². The van der Waals surface area contributed by atoms with E-state index in [4.69, 9.17) is 27.3 Å². The molecule has 0 spiro atoms. The molecule has 0 saturated carbocycles. The Bertz CT molecular complexity index is 1250. The van der Waals surface area contributed by atoms with E-state index in [1.54, 1.807) is 24.4 Å². The smallest absolute Gasteiger partial charge is 0.248 e. The summed E-state index contributed by atoms with van der Waals surface area (Å²) in [6, 6.07) is 12.9. The molecular weight excluding hydrogens is 520 g/mol. The molecule has 1 aromatic heterocycles. The number of nitrogens with two attached hydrogens (primary N) is 1. The zero-order chi connectivity index (χ0) is 24.2. The van der Waals surface area contributed by atoms with Crippen LogP contribution in [-0.4, -0.2) is 35.0 Å². The van der Waals surface area contributed by atoms with E-state index in [-0.39, 0.29) is 6.04 Å². The number of primary amides is 1. The standard InChI is InChI=1S/C24H22BrClN6O2/c1-14-9-15(12-27)10-20(26)21(14)34-23-19(25)13-29-24(31-23)30-17-5-7-32(8-6-17)18-4-2-3-16(11-18)22(28)33/h2-4,9-11,13,17H,5-8H2,1H3,(H2,28,33)(H,29,30,31). The molecule has 0 radical (unpaired) electrons. The van der Waals surface area contributed by atoms with Gasteiger partial charge in [0.25, 0.3) is 0 Å². The number of nitrogens with one attached hydrogen (secondary N) is 1. The van der Waals surface area contributed by atoms with Gasteiger partial charge in [0.2, 0.25) is 17.7 Å². The minimum atomic E-state index is -0.429. The monoisotopic (exact) mass is 540 g/mol. The Labute approximate surface area is 210 Å². The fourth-order valence-electron chi connectivity index (χ4n) is 3.83. The highest BCUT2D eigenvalue weighted by Gasteiger charge is 2.21. The van der Waals surface area contributed by atoms with E-state index in [9.17, 15) is 4.79 Å². The Hall–Kier alpha value is -3.35. The first-order valence-corrected chi connectivity index (χ1v) is 11.8. The van der Waals surface area contributed by atoms with Gasteiger partial charge in [-0.15, -0.1) is 0 Å². The number of aromatic nitrogens is 2. The number of hydrogen-bond acceptors (Lipinski definition) is 7. The second-order valence-corrected chi connectivity index (χ2v) is 9.25. The Morgan fingerprint density at radius 3 is 2.76 bits per heavy atom. The van der Waals surface area contributed by atoms with E-state index in [0.29, 0.717) is 38.2 Å². The summed E-state index contributed by atoms with van der Waals surface area (Å²) in [6.07, 6.45) is 3.37. The molecule has 1 aliphatic rings. The molecular formula is C24H22BrClN6O2. The number of rotatable bonds is 6. The number of nitriles is 1. The lowest BCUT2D eigenvalue weighted by Crippen LogP contribution is -2.39. The molecule has 1 fully saturated rings. The zero-order valence-corrected chi connectivity index (χ0v) is 20.7. The van der Waals surface area contributed by atoms with Gasteiger partial charge in [-0.25, -0.2) is 4.98 Å². The van der Waals surface area contributed by atoms with E-state index in [1.807, 2.05) is 25.1 Å². The summed E-state index contributed by atoms with van der Waals surface area (Å²) < 4.78 is 6.57. The van der Waals surface area contributed by atoms with Crippen LogP contribution in [0.2, 0.25) is 5.02 Å². The second kappa shape index (κ2) is 10.3. The van der Waals surface area contributed by atoms with Gasteiger partial charge in [0, 0.05) is 30.4 Å². The van der Waals surface area contributed by atoms with E-state index in [2.05, 4.69) is 42.2 Å². The van der Waals surface area contributed by atoms with Crippen molar-refractivity contribution in [2.75, 3.05) is 23.3 Å². The van der Waals surface area contributed by atoms with Crippen molar-refractivity contribution in [1.82, 2.24) is 9.97 Å². The van der Waals surface area contributed by atoms with E-state index < -0.39 is 5.91 Å². The first kappa shape index (κ1) is 23.8. The van der Waals surface area contributed by atoms with Crippen LogP contribution in [0.4, 0.5) is 11.6 Å². The molecule has 0 atom stereocenters. The number of nitrogens with zero attached hydrogens (tertiary/aromatic N) is 4. The fraction of sp³-hybridized carbons (Fsp3) is 0.250. The van der Waals surface area contributed by atoms with Gasteiger partial charge in [-0.05, 0) is 71.6 Å². The Morgan fingerprint density at radius 1 is 1.32 bits per heavy atom. The Morgan fingerprint density at radius 2 is 2.09 bits per heavy atom. The molecule has 2 heterocycles. The third-order valence-corrected chi connectivity index (χ3v) is 6.42. The van der Waals surface area contributed by atoms with Crippen molar-refractivity contribution in [3.05, 3.63) is 68.8 Å². The first-order valence-electron chi connectivity index (χ1n) is 10.7. The third-order valence-electron chi connectivity index (χ3n) is 5.59. The van der Waals surface area contributed by atoms with Crippen LogP contribution >= 0.6 is 27.5 Å². The largest absolute Gasteiger partial charge is 0.436 e. The normalized spacial score (nSPS) is 13.9. The topological polar surface area (TPSA) is 117 Å². The molecule has 0 bridgehead atoms. The van der Waals surface area contributed by atoms with Gasteiger partial charge < -0.3 is 20.7 Å². The van der Waals surface area contributed by atoms with Gasteiger partial charge in [-0.2, -0.15) is 10.2 Å². The number of aryl methyl sites for hydroxylation is 1. The van der Waals surface area contributed by atoms with Crippen molar-refractivity contribution in [3.63, 3.8) is 0 Å². The highest BCUT2D eigenvalue weighted by atomic mass is 79.9. The SMILES string of the molecule is Cc1cc(C#N)cc(Cl)c1Oc1nc(NC2CCN(c3cccc(C(N)=O)c3)CC2)ncc1Br. The third kappa shape index (κ3) is 5.41. The van der Waals surface area contributed by atoms with Crippen molar-refractivity contribution < 1.29 is 9.53 Å². The molecule has 1 amide bonds. The summed E-state index contributed by atoms with van der Waals surface area (Å²) in [7, 11) is 0. The number of carbonyl (C=O) groups excluding carboxylic acids is 1. The first-order chi connectivity index (χ1) is 16.3. The second-order valence-electron chi connectivity index (χ2n) is 7.98. The highest BCUT2D eigenvalue weighted by Crippen LogP contribution is 2.36. The molecule has 8 nitrogen and oxygen atoms in total. The zero-order valence-electron chi connectivity index (χ0n) is 18.4. The van der Waals surface area contributed by atoms with Gasteiger partial charge in [-0.3, -0.25) is 4.79 Å². The molecule has 0 aliphatic carbocycles. The maximum absolute atomic E-state index is 11.5. The number of carbonyl (C=O) groups is 1. The lowest BCUT2D eigenvalue weighted by molar-refractivity contribution is 0.100. The molecule has 4 rings (SSSR count). The van der Waals surface area contributed by atoms with Gasteiger partial charge in [0.1, 0.15) is 0 Å². The Kier molecular flexibility index (Phi) is 7.20. The molecule has 3 N–H and O–H groups in total. The molecule has 3 aromatic rings. The minimum absolute atomic E-state index is 0.185. The van der Waals surface area contributed by atoms with E-state index in [0.717, 1.165) is 37.2 Å². The summed E-state index contributed by atoms with van der Waals surface area (Å²) in [4.78, 5) is 22.6. The summed E-state index contributed by atoms with van der Waals surface area (Å²) >= 11 is 9.75. The van der Waals surface area contributed by atoms with Crippen LogP contribution in [0.25, 0.3) is 0 Å². The number of benzene rings is 2. The summed E-state index contributed by atoms with van der Waals surface area (Å²) in [5, 5.41) is 12.8. The fourth-order valence-corrected chi connectivity index (χ4v) is 4.41.